The molecule has 2 heterocycles. The lowest BCUT2D eigenvalue weighted by Crippen LogP contribution is -2.06. The second-order valence-electron chi connectivity index (χ2n) is 4.23. The molecule has 0 bridgehead atoms. The molecule has 2 aromatic heterocycles. The summed E-state index contributed by atoms with van der Waals surface area (Å²) in [4.78, 5) is 3.28. The zero-order valence-corrected chi connectivity index (χ0v) is 12.8. The fourth-order valence-corrected chi connectivity index (χ4v) is 3.06. The number of hydrogen-bond donors (Lipinski definition) is 1. The smallest absolute Gasteiger partial charge is 0.179 e. The number of aryl methyl sites for hydroxylation is 3. The maximum Gasteiger partial charge on any atom is 0.179 e. The van der Waals surface area contributed by atoms with Crippen molar-refractivity contribution in [3.8, 4) is 0 Å². The highest BCUT2D eigenvalue weighted by molar-refractivity contribution is 7.99. The van der Waals surface area contributed by atoms with Crippen LogP contribution in [0.4, 0.5) is 0 Å². The highest BCUT2D eigenvalue weighted by Gasteiger charge is 2.13. The summed E-state index contributed by atoms with van der Waals surface area (Å²) in [5.74, 6) is 2.37. The first-order chi connectivity index (χ1) is 8.69. The van der Waals surface area contributed by atoms with Crippen LogP contribution in [0.15, 0.2) is 0 Å². The molecule has 2 aromatic rings. The first-order valence-electron chi connectivity index (χ1n) is 6.42. The Morgan fingerprint density at radius 3 is 2.83 bits per heavy atom. The van der Waals surface area contributed by atoms with Crippen LogP contribution in [-0.2, 0) is 13.1 Å². The number of nitrogens with one attached hydrogen (secondary N) is 1. The predicted molar refractivity (Wildman–Crippen MR) is 80.9 cm³/mol. The largest absolute Gasteiger partial charge is 0.328 e. The molecule has 0 unspecified atom stereocenters. The van der Waals surface area contributed by atoms with Crippen molar-refractivity contribution in [3.05, 3.63) is 10.5 Å². The third kappa shape index (κ3) is 2.49. The van der Waals surface area contributed by atoms with Crippen LogP contribution in [0, 0.1) is 11.7 Å². The summed E-state index contributed by atoms with van der Waals surface area (Å²) in [6.07, 6.45) is 1.15. The van der Waals surface area contributed by atoms with Crippen LogP contribution in [0.1, 0.15) is 26.0 Å². The highest BCUT2D eigenvalue weighted by Crippen LogP contribution is 2.18. The standard InChI is InChI=1S/C12H20N4S2/c1-4-16-11-10(9(3)14-16)13-12(17)15(11)7-6-8-18-5-2/h4-8H2,1-3H3,(H,13,17). The van der Waals surface area contributed by atoms with E-state index in [2.05, 4.69) is 28.5 Å². The van der Waals surface area contributed by atoms with E-state index in [0.717, 1.165) is 41.1 Å². The van der Waals surface area contributed by atoms with Gasteiger partial charge in [-0.2, -0.15) is 16.9 Å². The van der Waals surface area contributed by atoms with E-state index in [-0.39, 0.29) is 0 Å². The van der Waals surface area contributed by atoms with Crippen molar-refractivity contribution in [1.29, 1.82) is 0 Å². The van der Waals surface area contributed by atoms with E-state index >= 15 is 0 Å². The van der Waals surface area contributed by atoms with Gasteiger partial charge in [0, 0.05) is 13.1 Å². The fraction of sp³-hybridized carbons (Fsp3) is 0.667. The Morgan fingerprint density at radius 1 is 1.39 bits per heavy atom. The predicted octanol–water partition coefficient (Wildman–Crippen LogP) is 3.37. The van der Waals surface area contributed by atoms with Crippen molar-refractivity contribution < 1.29 is 0 Å². The number of nitrogens with zero attached hydrogens (tertiary/aromatic N) is 3. The maximum absolute atomic E-state index is 5.41. The summed E-state index contributed by atoms with van der Waals surface area (Å²) in [6.45, 7) is 8.17. The molecule has 0 aromatic carbocycles. The van der Waals surface area contributed by atoms with Gasteiger partial charge in [0.1, 0.15) is 5.52 Å². The highest BCUT2D eigenvalue weighted by atomic mass is 32.2. The van der Waals surface area contributed by atoms with Gasteiger partial charge in [0.25, 0.3) is 0 Å². The van der Waals surface area contributed by atoms with Crippen molar-refractivity contribution in [2.24, 2.45) is 0 Å². The average Bonchev–Trinajstić information content (AvgIpc) is 2.83. The molecule has 0 radical (unpaired) electrons. The summed E-state index contributed by atoms with van der Waals surface area (Å²) in [7, 11) is 0. The molecule has 0 aliphatic carbocycles. The number of fused-ring (bicyclic) bond motifs is 1. The van der Waals surface area contributed by atoms with Crippen molar-refractivity contribution in [2.75, 3.05) is 11.5 Å². The van der Waals surface area contributed by atoms with Gasteiger partial charge >= 0.3 is 0 Å². The normalized spacial score (nSPS) is 11.5. The number of hydrogen-bond acceptors (Lipinski definition) is 3. The molecule has 0 fully saturated rings. The summed E-state index contributed by atoms with van der Waals surface area (Å²) in [6, 6.07) is 0. The minimum Gasteiger partial charge on any atom is -0.328 e. The van der Waals surface area contributed by atoms with Crippen molar-refractivity contribution in [1.82, 2.24) is 19.3 Å². The van der Waals surface area contributed by atoms with Crippen LogP contribution in [0.2, 0.25) is 0 Å². The van der Waals surface area contributed by atoms with Crippen molar-refractivity contribution in [3.63, 3.8) is 0 Å². The van der Waals surface area contributed by atoms with Gasteiger partial charge < -0.3 is 9.55 Å². The van der Waals surface area contributed by atoms with Crippen LogP contribution in [-0.4, -0.2) is 30.8 Å². The molecule has 0 saturated carbocycles. The Hall–Kier alpha value is -0.750. The van der Waals surface area contributed by atoms with Crippen molar-refractivity contribution >= 4 is 35.1 Å². The molecular weight excluding hydrogens is 264 g/mol. The SMILES string of the molecule is CCSCCCn1c(=S)[nH]c2c(C)nn(CC)c21. The molecular formula is C12H20N4S2. The number of H-pyrrole nitrogens is 1. The third-order valence-electron chi connectivity index (χ3n) is 3.01. The van der Waals surface area contributed by atoms with Gasteiger partial charge in [-0.3, -0.25) is 0 Å². The van der Waals surface area contributed by atoms with E-state index in [1.807, 2.05) is 23.4 Å². The number of imidazole rings is 1. The Bertz CT molecular complexity index is 579. The van der Waals surface area contributed by atoms with Gasteiger partial charge in [0.15, 0.2) is 10.4 Å². The minimum absolute atomic E-state index is 0.814. The zero-order valence-electron chi connectivity index (χ0n) is 11.2. The molecule has 100 valence electrons. The first kappa shape index (κ1) is 13.7. The van der Waals surface area contributed by atoms with E-state index < -0.39 is 0 Å². The molecule has 18 heavy (non-hydrogen) atoms. The van der Waals surface area contributed by atoms with Gasteiger partial charge in [-0.25, -0.2) is 4.68 Å². The second-order valence-corrected chi connectivity index (χ2v) is 6.01. The Balaban J connectivity index is 2.31. The number of aromatic amines is 1. The monoisotopic (exact) mass is 284 g/mol. The van der Waals surface area contributed by atoms with E-state index in [0.29, 0.717) is 0 Å². The first-order valence-corrected chi connectivity index (χ1v) is 7.99. The van der Waals surface area contributed by atoms with Crippen LogP contribution in [0.25, 0.3) is 11.2 Å². The van der Waals surface area contributed by atoms with Crippen molar-refractivity contribution in [2.45, 2.75) is 40.3 Å². The van der Waals surface area contributed by atoms with Gasteiger partial charge in [-0.15, -0.1) is 0 Å². The third-order valence-corrected chi connectivity index (χ3v) is 4.32. The van der Waals surface area contributed by atoms with Gasteiger partial charge in [0.2, 0.25) is 0 Å². The Morgan fingerprint density at radius 2 is 2.17 bits per heavy atom. The molecule has 0 saturated heterocycles. The summed E-state index contributed by atoms with van der Waals surface area (Å²) >= 11 is 7.39. The lowest BCUT2D eigenvalue weighted by molar-refractivity contribution is 0.619. The number of rotatable bonds is 6. The van der Waals surface area contributed by atoms with E-state index in [9.17, 15) is 0 Å². The number of thioether (sulfide) groups is 1. The van der Waals surface area contributed by atoms with Crippen LogP contribution >= 0.6 is 24.0 Å². The fourth-order valence-electron chi connectivity index (χ4n) is 2.16. The van der Waals surface area contributed by atoms with E-state index in [1.165, 1.54) is 11.5 Å². The van der Waals surface area contributed by atoms with Gasteiger partial charge in [-0.05, 0) is 44.0 Å². The zero-order chi connectivity index (χ0) is 13.1. The average molecular weight is 284 g/mol. The molecule has 0 aliphatic heterocycles. The summed E-state index contributed by atoms with van der Waals surface area (Å²) < 4.78 is 5.03. The van der Waals surface area contributed by atoms with Crippen LogP contribution < -0.4 is 0 Å². The maximum atomic E-state index is 5.41. The lowest BCUT2D eigenvalue weighted by Gasteiger charge is -2.05. The molecule has 4 nitrogen and oxygen atoms in total. The molecule has 0 spiro atoms. The summed E-state index contributed by atoms with van der Waals surface area (Å²) in [5, 5.41) is 4.53. The summed E-state index contributed by atoms with van der Waals surface area (Å²) in [5.41, 5.74) is 3.26. The van der Waals surface area contributed by atoms with E-state index in [4.69, 9.17) is 12.2 Å². The molecule has 2 rings (SSSR count). The van der Waals surface area contributed by atoms with Gasteiger partial charge in [0.05, 0.1) is 5.69 Å². The quantitative estimate of drug-likeness (QED) is 0.653. The van der Waals surface area contributed by atoms with Crippen LogP contribution in [0.3, 0.4) is 0 Å². The van der Waals surface area contributed by atoms with Crippen LogP contribution in [0.5, 0.6) is 0 Å². The number of aromatic nitrogens is 4. The Labute approximate surface area is 117 Å². The Kier molecular flexibility index (Phi) is 4.50. The lowest BCUT2D eigenvalue weighted by atomic mass is 10.4. The van der Waals surface area contributed by atoms with E-state index in [1.54, 1.807) is 0 Å². The second kappa shape index (κ2) is 5.93. The molecule has 0 atom stereocenters. The molecule has 0 aliphatic rings. The topological polar surface area (TPSA) is 38.5 Å². The minimum atomic E-state index is 0.814. The van der Waals surface area contributed by atoms with Gasteiger partial charge in [-0.1, -0.05) is 6.92 Å². The molecule has 0 amide bonds. The molecule has 1 N–H and O–H groups in total. The molecule has 6 heteroatoms.